The molecule has 222 valence electrons. The maximum atomic E-state index is 9.74. The van der Waals surface area contributed by atoms with Crippen molar-refractivity contribution in [3.63, 3.8) is 0 Å². The van der Waals surface area contributed by atoms with Crippen LogP contribution >= 0.6 is 0 Å². The summed E-state index contributed by atoms with van der Waals surface area (Å²) in [4.78, 5) is 36.2. The number of pyridine rings is 4. The number of aromatic nitrogens is 4. The first-order valence-corrected chi connectivity index (χ1v) is 12.2. The molecule has 0 spiro atoms. The molecule has 0 aliphatic carbocycles. The van der Waals surface area contributed by atoms with E-state index in [0.29, 0.717) is 0 Å². The summed E-state index contributed by atoms with van der Waals surface area (Å²) in [6.07, 6.45) is 7.07. The summed E-state index contributed by atoms with van der Waals surface area (Å²) in [5.41, 5.74) is 13.5. The Labute approximate surface area is 265 Å². The van der Waals surface area contributed by atoms with E-state index in [1.807, 2.05) is 72.8 Å². The van der Waals surface area contributed by atoms with Gasteiger partial charge >= 0.3 is 11.9 Å². The van der Waals surface area contributed by atoms with E-state index in [2.05, 4.69) is 45.2 Å². The van der Waals surface area contributed by atoms with Crippen LogP contribution in [0.15, 0.2) is 97.6 Å². The molecule has 2 atom stereocenters. The van der Waals surface area contributed by atoms with E-state index in [1.54, 1.807) is 24.8 Å². The Kier molecular flexibility index (Phi) is 23.6. The second-order valence-corrected chi connectivity index (χ2v) is 7.75. The number of carboxylic acids is 2. The maximum absolute atomic E-state index is 9.74. The average Bonchev–Trinajstić information content (AvgIpc) is 2.99. The van der Waals surface area contributed by atoms with Crippen LogP contribution in [0.1, 0.15) is 0 Å². The van der Waals surface area contributed by atoms with Crippen LogP contribution in [-0.2, 0) is 69.0 Å². The van der Waals surface area contributed by atoms with E-state index < -0.39 is 24.0 Å². The van der Waals surface area contributed by atoms with E-state index in [0.717, 1.165) is 22.8 Å². The van der Waals surface area contributed by atoms with Gasteiger partial charge in [-0.1, -0.05) is 24.3 Å². The van der Waals surface area contributed by atoms with Crippen molar-refractivity contribution >= 4 is 37.2 Å². The number of carboxylic acid groups (broad SMARTS) is 2. The first-order valence-electron chi connectivity index (χ1n) is 11.1. The van der Waals surface area contributed by atoms with Crippen LogP contribution in [0.25, 0.3) is 22.8 Å². The summed E-state index contributed by atoms with van der Waals surface area (Å²) in [6.45, 7) is 0. The standard InChI is InChI=1S/2C10H8N2.2C3H7NO2S.2Cu/c2*1-3-7-11-9(5-1)10-6-2-4-8-12-10;2*4-2(1-7)3(5)6;;/h2*1-8H;2*2,7H,1,4H2,(H,5,6);;/p-2. The van der Waals surface area contributed by atoms with Crippen molar-refractivity contribution in [1.29, 1.82) is 0 Å². The van der Waals surface area contributed by atoms with Crippen molar-refractivity contribution in [3.05, 3.63) is 97.6 Å². The van der Waals surface area contributed by atoms with Crippen LogP contribution in [0.3, 0.4) is 0 Å². The Morgan fingerprint density at radius 1 is 0.575 bits per heavy atom. The predicted octanol–water partition coefficient (Wildman–Crippen LogP) is 2.17. The summed E-state index contributed by atoms with van der Waals surface area (Å²) in [6, 6.07) is 21.5. The van der Waals surface area contributed by atoms with E-state index in [1.165, 1.54) is 0 Å². The molecule has 4 rings (SSSR count). The molecule has 40 heavy (non-hydrogen) atoms. The number of hydrogen-bond donors (Lipinski definition) is 4. The summed E-state index contributed by atoms with van der Waals surface area (Å²) >= 11 is 8.69. The molecule has 14 heteroatoms. The summed E-state index contributed by atoms with van der Waals surface area (Å²) in [5.74, 6) is -1.91. The van der Waals surface area contributed by atoms with Crippen LogP contribution < -0.4 is 11.5 Å². The van der Waals surface area contributed by atoms with E-state index in [4.69, 9.17) is 21.7 Å². The monoisotopic (exact) mass is 678 g/mol. The molecule has 2 unspecified atom stereocenters. The summed E-state index contributed by atoms with van der Waals surface area (Å²) < 4.78 is 0. The third kappa shape index (κ3) is 17.0. The van der Waals surface area contributed by atoms with Gasteiger partial charge in [0.15, 0.2) is 0 Å². The van der Waals surface area contributed by atoms with Crippen LogP contribution in [0, 0.1) is 0 Å². The zero-order chi connectivity index (χ0) is 28.2. The molecule has 2 radical (unpaired) electrons. The fourth-order valence-corrected chi connectivity index (χ4v) is 2.48. The molecule has 10 nitrogen and oxygen atoms in total. The van der Waals surface area contributed by atoms with Crippen molar-refractivity contribution in [3.8, 4) is 22.8 Å². The zero-order valence-corrected chi connectivity index (χ0v) is 24.4. The predicted molar refractivity (Wildman–Crippen MR) is 151 cm³/mol. The van der Waals surface area contributed by atoms with Crippen molar-refractivity contribution in [2.45, 2.75) is 12.1 Å². The third-order valence-corrected chi connectivity index (χ3v) is 4.90. The van der Waals surface area contributed by atoms with E-state index >= 15 is 0 Å². The molecule has 4 heterocycles. The van der Waals surface area contributed by atoms with Gasteiger partial charge in [0.05, 0.1) is 34.9 Å². The molecule has 4 aromatic heterocycles. The molecule has 0 amide bonds. The molecule has 0 fully saturated rings. The Morgan fingerprint density at radius 2 is 0.800 bits per heavy atom. The van der Waals surface area contributed by atoms with Crippen LogP contribution in [0.2, 0.25) is 0 Å². The minimum absolute atomic E-state index is 0. The molecule has 0 aromatic carbocycles. The molecular formula is C26H28Cu2N6O4S2-2. The molecule has 0 bridgehead atoms. The molecule has 0 aliphatic heterocycles. The third-order valence-electron chi connectivity index (χ3n) is 4.18. The number of hydrogen-bond acceptors (Lipinski definition) is 10. The van der Waals surface area contributed by atoms with Gasteiger partial charge < -0.3 is 46.9 Å². The second-order valence-electron chi connectivity index (χ2n) is 7.08. The first-order chi connectivity index (χ1) is 18.3. The van der Waals surface area contributed by atoms with Gasteiger partial charge in [0.2, 0.25) is 0 Å². The molecule has 4 aromatic rings. The van der Waals surface area contributed by atoms with Gasteiger partial charge in [-0.15, -0.1) is 0 Å². The van der Waals surface area contributed by atoms with Crippen LogP contribution in [-0.4, -0.2) is 65.7 Å². The number of carbonyl (C=O) groups is 2. The van der Waals surface area contributed by atoms with Crippen molar-refractivity contribution in [2.24, 2.45) is 11.5 Å². The van der Waals surface area contributed by atoms with Gasteiger partial charge in [0, 0.05) is 58.9 Å². The minimum Gasteiger partial charge on any atom is -0.791 e. The van der Waals surface area contributed by atoms with Crippen molar-refractivity contribution in [1.82, 2.24) is 19.9 Å². The molecular weight excluding hydrogens is 652 g/mol. The Hall–Kier alpha value is -2.80. The van der Waals surface area contributed by atoms with E-state index in [9.17, 15) is 9.59 Å². The Balaban J connectivity index is 0. The minimum atomic E-state index is -1.03. The average molecular weight is 680 g/mol. The number of aliphatic carboxylic acids is 2. The quantitative estimate of drug-likeness (QED) is 0.173. The SMILES string of the molecule is NC(C[S-])C(=O)O.NC(C[S-])C(=O)O.[Cu].[Cu].c1ccc(-c2ccccn2)nc1.c1ccc(-c2ccccn2)nc1. The smallest absolute Gasteiger partial charge is 0.318 e. The fourth-order valence-electron chi connectivity index (χ4n) is 2.20. The van der Waals surface area contributed by atoms with E-state index in [-0.39, 0.29) is 45.6 Å². The summed E-state index contributed by atoms with van der Waals surface area (Å²) in [7, 11) is 0. The molecule has 0 saturated heterocycles. The van der Waals surface area contributed by atoms with Crippen molar-refractivity contribution in [2.75, 3.05) is 11.5 Å². The van der Waals surface area contributed by atoms with Gasteiger partial charge in [-0.2, -0.15) is 11.5 Å². The molecule has 0 aliphatic rings. The number of rotatable bonds is 6. The normalized spacial score (nSPS) is 10.5. The largest absolute Gasteiger partial charge is 0.791 e. The van der Waals surface area contributed by atoms with Crippen molar-refractivity contribution < 1.29 is 53.9 Å². The van der Waals surface area contributed by atoms with Gasteiger partial charge in [0.25, 0.3) is 0 Å². The van der Waals surface area contributed by atoms with Crippen LogP contribution in [0.4, 0.5) is 0 Å². The maximum Gasteiger partial charge on any atom is 0.318 e. The summed E-state index contributed by atoms with van der Waals surface area (Å²) in [5, 5.41) is 16.0. The van der Waals surface area contributed by atoms with Gasteiger partial charge in [-0.3, -0.25) is 29.5 Å². The Bertz CT molecular complexity index is 1020. The molecule has 6 N–H and O–H groups in total. The zero-order valence-electron chi connectivity index (χ0n) is 20.9. The fraction of sp³-hybridized carbons (Fsp3) is 0.154. The number of nitrogens with two attached hydrogens (primary N) is 2. The topological polar surface area (TPSA) is 178 Å². The molecule has 0 saturated carbocycles. The first kappa shape index (κ1) is 39.3. The second kappa shape index (κ2) is 24.0. The van der Waals surface area contributed by atoms with Gasteiger partial charge in [-0.25, -0.2) is 0 Å². The number of nitrogens with zero attached hydrogens (tertiary/aromatic N) is 4. The van der Waals surface area contributed by atoms with Gasteiger partial charge in [0.1, 0.15) is 0 Å². The van der Waals surface area contributed by atoms with Gasteiger partial charge in [-0.05, 0) is 48.5 Å². The van der Waals surface area contributed by atoms with Crippen LogP contribution in [0.5, 0.6) is 0 Å². The Morgan fingerprint density at radius 3 is 0.900 bits per heavy atom.